The van der Waals surface area contributed by atoms with E-state index < -0.39 is 5.97 Å². The van der Waals surface area contributed by atoms with Crippen molar-refractivity contribution in [3.05, 3.63) is 223 Å². The van der Waals surface area contributed by atoms with E-state index >= 15 is 0 Å². The maximum Gasteiger partial charge on any atom is 1.00 e. The number of benzene rings is 6. The molecule has 94 heavy (non-hydrogen) atoms. The quantitative estimate of drug-likeness (QED) is 0.0304. The molecule has 0 bridgehead atoms. The number of nitrogen functional groups attached to an aromatic ring is 1. The Balaban J connectivity index is 0.000000161. The minimum atomic E-state index is -0.833. The smallest absolute Gasteiger partial charge is 1.00 e. The Morgan fingerprint density at radius 2 is 0.957 bits per heavy atom. The number of rotatable bonds is 8. The number of ether oxygens (including phenoxy) is 2. The van der Waals surface area contributed by atoms with Crippen LogP contribution in [-0.4, -0.2) is 82.1 Å². The molecule has 480 valence electrons. The maximum atomic E-state index is 11.5. The van der Waals surface area contributed by atoms with E-state index in [1.165, 1.54) is 33.4 Å². The third-order valence-corrected chi connectivity index (χ3v) is 16.5. The van der Waals surface area contributed by atoms with Gasteiger partial charge in [-0.2, -0.15) is 9.97 Å². The van der Waals surface area contributed by atoms with Crippen LogP contribution in [0.2, 0.25) is 10.4 Å². The average Bonchev–Trinajstić information content (AvgIpc) is 1.75. The van der Waals surface area contributed by atoms with E-state index in [0.29, 0.717) is 42.3 Å². The van der Waals surface area contributed by atoms with Crippen LogP contribution < -0.4 is 71.3 Å². The number of hydrogen-bond acceptors (Lipinski definition) is 16. The van der Waals surface area contributed by atoms with Gasteiger partial charge in [0.1, 0.15) is 23.2 Å². The zero-order chi connectivity index (χ0) is 65.5. The fourth-order valence-corrected chi connectivity index (χ4v) is 11.6. The number of nitrogens with one attached hydrogen (secondary N) is 5. The second-order valence-corrected chi connectivity index (χ2v) is 23.9. The number of anilines is 8. The van der Waals surface area contributed by atoms with Crippen molar-refractivity contribution in [1.29, 1.82) is 0 Å². The third kappa shape index (κ3) is 19.5. The second kappa shape index (κ2) is 32.7. The number of carboxylic acids is 1. The zero-order valence-corrected chi connectivity index (χ0v) is 56.4. The number of hydrogen-bond donors (Lipinski definition) is 8. The number of carboxylic acid groups (broad SMARTS) is 1. The van der Waals surface area contributed by atoms with Crippen LogP contribution in [0.3, 0.4) is 0 Å². The number of amides is 3. The number of carbonyl (C=O) groups excluding carboxylic acids is 3. The molecule has 3 aromatic heterocycles. The minimum Gasteiger partial charge on any atom is -1.00 e. The van der Waals surface area contributed by atoms with Crippen LogP contribution >= 0.6 is 23.2 Å². The third-order valence-electron chi connectivity index (χ3n) is 15.9. The molecular weight excluding hydrogens is 1240 g/mol. The van der Waals surface area contributed by atoms with Gasteiger partial charge in [-0.25, -0.2) is 19.9 Å². The summed E-state index contributed by atoms with van der Waals surface area (Å²) in [4.78, 5) is 68.4. The molecule has 0 radical (unpaired) electrons. The Morgan fingerprint density at radius 1 is 0.532 bits per heavy atom. The predicted molar refractivity (Wildman–Crippen MR) is 362 cm³/mol. The molecule has 6 heterocycles. The molecule has 0 spiro atoms. The molecule has 9 aromatic rings. The molecule has 0 atom stereocenters. The van der Waals surface area contributed by atoms with Crippen LogP contribution in [0.15, 0.2) is 146 Å². The first kappa shape index (κ1) is 69.3. The van der Waals surface area contributed by atoms with Crippen molar-refractivity contribution in [1.82, 2.24) is 29.9 Å². The largest absolute Gasteiger partial charge is 1.00 e. The fourth-order valence-electron chi connectivity index (χ4n) is 11.3. The summed E-state index contributed by atoms with van der Waals surface area (Å²) in [5.41, 5.74) is 24.9. The normalized spacial score (nSPS) is 14.5. The Hall–Kier alpha value is -9.02. The number of aliphatic hydroxyl groups excluding tert-OH is 1. The van der Waals surface area contributed by atoms with Gasteiger partial charge in [0.05, 0.1) is 6.10 Å². The first-order valence-electron chi connectivity index (χ1n) is 30.6. The summed E-state index contributed by atoms with van der Waals surface area (Å²) in [6, 6.07) is 42.9. The molecule has 0 unspecified atom stereocenters. The van der Waals surface area contributed by atoms with E-state index in [4.69, 9.17) is 48.3 Å². The summed E-state index contributed by atoms with van der Waals surface area (Å²) < 4.78 is 12.3. The molecule has 20 nitrogen and oxygen atoms in total. The van der Waals surface area contributed by atoms with Gasteiger partial charge in [-0.1, -0.05) is 84.4 Å². The molecule has 6 aliphatic rings. The van der Waals surface area contributed by atoms with Crippen LogP contribution in [0.4, 0.5) is 45.9 Å². The van der Waals surface area contributed by atoms with Gasteiger partial charge in [-0.3, -0.25) is 19.2 Å². The van der Waals surface area contributed by atoms with Crippen molar-refractivity contribution in [2.24, 2.45) is 0 Å². The fraction of sp³-hybridized carbons (Fsp3) is 0.268. The van der Waals surface area contributed by atoms with Gasteiger partial charge < -0.3 is 53.4 Å². The first-order chi connectivity index (χ1) is 44.8. The molecule has 0 saturated carbocycles. The van der Waals surface area contributed by atoms with E-state index in [2.05, 4.69) is 123 Å². The van der Waals surface area contributed by atoms with E-state index in [0.717, 1.165) is 138 Å². The van der Waals surface area contributed by atoms with Crippen molar-refractivity contribution in [3.8, 4) is 11.9 Å². The van der Waals surface area contributed by atoms with Gasteiger partial charge >= 0.3 is 35.6 Å². The number of fused-ring (bicyclic) bond motifs is 6. The van der Waals surface area contributed by atoms with Gasteiger partial charge in [-0.15, -0.1) is 0 Å². The van der Waals surface area contributed by atoms with E-state index in [1.807, 2.05) is 75.4 Å². The molecule has 0 fully saturated rings. The van der Waals surface area contributed by atoms with E-state index in [9.17, 15) is 19.5 Å². The monoisotopic (exact) mass is 1310 g/mol. The molecule has 9 N–H and O–H groups in total. The van der Waals surface area contributed by atoms with Crippen LogP contribution in [0.25, 0.3) is 0 Å². The summed E-state index contributed by atoms with van der Waals surface area (Å²) in [6.07, 6.45) is 14.3. The Labute approximate surface area is 579 Å². The number of aryl methyl sites for hydroxylation is 6. The van der Waals surface area contributed by atoms with E-state index in [-0.39, 0.29) is 72.3 Å². The molecule has 3 aliphatic heterocycles. The Kier molecular flexibility index (Phi) is 24.1. The molecule has 23 heteroatoms. The number of aromatic nitrogens is 6. The standard InChI is InChI=1S/2C23H22N4O2.C9H10N2O.C9H10O.C5H4Cl2N2.C2H4O2.Na.H/c1-14-13-24-23(25-18-7-8-20-17(10-18)6-9-21(28)26-20)27-22(14)29-19-11-15-4-2-3-5-16(15)12-19;1-14-13-24-23(29-19-11-15-4-2-3-5-16(15)12-19)27-22(14)25-18-7-8-20-17(10-18)6-9-21(28)26-20;10-7-2-3-8-6(5-7)1-4-9(12)11-8;10-9-5-7-3-1-2-4-8(7)6-9;1-3-2-8-5(7)9-4(3)6;1-2(3)4;;/h2*2-5,7-8,10,13,19H,6,9,11-12H2,1H3,(H,26,28)(H,24,25,27);2-3,5H,1,4,10H2,(H,11,12);1-4,9-10H,5-6H2;2H,1H3;1H3,(H,3,4);;/q;;;;;;+1;-1. The second-order valence-electron chi connectivity index (χ2n) is 23.2. The molecule has 3 aliphatic carbocycles. The van der Waals surface area contributed by atoms with Crippen molar-refractivity contribution in [2.45, 2.75) is 123 Å². The van der Waals surface area contributed by atoms with Crippen LogP contribution in [0, 0.1) is 20.8 Å². The average molecular weight is 1320 g/mol. The molecule has 6 aromatic carbocycles. The van der Waals surface area contributed by atoms with Crippen LogP contribution in [0.1, 0.15) is 94.4 Å². The van der Waals surface area contributed by atoms with Gasteiger partial charge in [0.25, 0.3) is 5.97 Å². The van der Waals surface area contributed by atoms with Crippen LogP contribution in [0.5, 0.6) is 11.9 Å². The van der Waals surface area contributed by atoms with Gasteiger partial charge in [-0.05, 0) is 169 Å². The maximum absolute atomic E-state index is 11.5. The summed E-state index contributed by atoms with van der Waals surface area (Å²) in [5, 5.41) is 32.5. The van der Waals surface area contributed by atoms with Gasteiger partial charge in [0.15, 0.2) is 0 Å². The summed E-state index contributed by atoms with van der Waals surface area (Å²) in [5.74, 6) is 1.24. The number of aliphatic carboxylic acids is 1. The topological polar surface area (TPSA) is 291 Å². The zero-order valence-electron chi connectivity index (χ0n) is 53.9. The van der Waals surface area contributed by atoms with Crippen molar-refractivity contribution < 1.29 is 69.8 Å². The SMILES string of the molecule is CC(=O)O.Cc1cnc(Cl)nc1Cl.Cc1cnc(Nc2ccc3c(c2)CCC(=O)N3)nc1OC1Cc2ccccc2C1.Cc1cnc(OC2Cc3ccccc3C2)nc1Nc1ccc2c(c1)CCC(=O)N2.Nc1ccc2c(c1)CCC(=O)N2.OC1Cc2ccccc2C1.[H-].[Na+]. The van der Waals surface area contributed by atoms with Crippen molar-refractivity contribution >= 4 is 92.8 Å². The number of carbonyl (C=O) groups is 4. The summed E-state index contributed by atoms with van der Waals surface area (Å²) in [7, 11) is 0. The van der Waals surface area contributed by atoms with Gasteiger partial charge in [0.2, 0.25) is 34.8 Å². The van der Waals surface area contributed by atoms with Crippen LogP contribution in [-0.2, 0) is 77.0 Å². The Morgan fingerprint density at radius 3 is 1.44 bits per heavy atom. The summed E-state index contributed by atoms with van der Waals surface area (Å²) in [6.45, 7) is 6.83. The molecule has 3 amide bonds. The van der Waals surface area contributed by atoms with Gasteiger partial charge in [0, 0.05) is 121 Å². The molecule has 0 saturated heterocycles. The minimum absolute atomic E-state index is 0. The number of aliphatic hydroxyl groups is 1. The first-order valence-corrected chi connectivity index (χ1v) is 31.4. The Bertz CT molecular complexity index is 4150. The molecule has 15 rings (SSSR count). The summed E-state index contributed by atoms with van der Waals surface area (Å²) >= 11 is 11.0. The number of nitrogens with zero attached hydrogens (tertiary/aromatic N) is 6. The van der Waals surface area contributed by atoms with E-state index in [1.54, 1.807) is 24.7 Å². The number of nitrogens with two attached hydrogens (primary N) is 1. The van der Waals surface area contributed by atoms with Crippen molar-refractivity contribution in [2.75, 3.05) is 32.3 Å². The molecular formula is C71H73Cl2N12NaO8. The van der Waals surface area contributed by atoms with Crippen molar-refractivity contribution in [3.63, 3.8) is 0 Å². The predicted octanol–water partition coefficient (Wildman–Crippen LogP) is 9.52. The number of halogens is 2.